The summed E-state index contributed by atoms with van der Waals surface area (Å²) < 4.78 is 6.95. The van der Waals surface area contributed by atoms with E-state index in [-0.39, 0.29) is 30.5 Å². The van der Waals surface area contributed by atoms with Crippen molar-refractivity contribution in [1.29, 1.82) is 0 Å². The number of amides is 2. The number of carbonyl (C=O) groups is 2. The molecular weight excluding hydrogens is 438 g/mol. The summed E-state index contributed by atoms with van der Waals surface area (Å²) in [6.07, 6.45) is 2.25. The molecule has 33 heavy (non-hydrogen) atoms. The van der Waals surface area contributed by atoms with Crippen LogP contribution < -0.4 is 15.0 Å². The van der Waals surface area contributed by atoms with Crippen LogP contribution in [0.1, 0.15) is 23.4 Å². The Kier molecular flexibility index (Phi) is 7.29. The van der Waals surface area contributed by atoms with E-state index in [1.807, 2.05) is 59.0 Å². The molecule has 3 aromatic rings. The van der Waals surface area contributed by atoms with Crippen molar-refractivity contribution in [2.75, 3.05) is 24.3 Å². The van der Waals surface area contributed by atoms with Crippen molar-refractivity contribution in [2.24, 2.45) is 7.05 Å². The number of hydrogen-bond acceptors (Lipinski definition) is 6. The number of thioether (sulfide) groups is 1. The van der Waals surface area contributed by atoms with Crippen LogP contribution in [0.4, 0.5) is 5.69 Å². The molecule has 1 aliphatic rings. The van der Waals surface area contributed by atoms with Crippen LogP contribution in [0.5, 0.6) is 5.75 Å². The Balaban J connectivity index is 1.29. The number of methoxy groups -OCH3 is 1. The summed E-state index contributed by atoms with van der Waals surface area (Å²) in [4.78, 5) is 27.0. The molecule has 1 aromatic heterocycles. The summed E-state index contributed by atoms with van der Waals surface area (Å²) in [7, 11) is 3.45. The Morgan fingerprint density at radius 1 is 1.12 bits per heavy atom. The lowest BCUT2D eigenvalue weighted by molar-refractivity contribution is -0.120. The number of anilines is 1. The predicted molar refractivity (Wildman–Crippen MR) is 127 cm³/mol. The molecule has 1 N–H and O–H groups in total. The van der Waals surface area contributed by atoms with Gasteiger partial charge in [0.05, 0.1) is 25.8 Å². The number of ether oxygens (including phenoxy) is 1. The minimum absolute atomic E-state index is 0.0597. The number of benzene rings is 2. The fourth-order valence-electron chi connectivity index (χ4n) is 3.79. The highest BCUT2D eigenvalue weighted by Crippen LogP contribution is 2.28. The molecule has 9 heteroatoms. The summed E-state index contributed by atoms with van der Waals surface area (Å²) in [6.45, 7) is 1.01. The van der Waals surface area contributed by atoms with Crippen LogP contribution in [0.25, 0.3) is 0 Å². The molecule has 0 aliphatic carbocycles. The maximum atomic E-state index is 12.9. The third kappa shape index (κ3) is 5.54. The van der Waals surface area contributed by atoms with Crippen LogP contribution in [-0.2, 0) is 36.0 Å². The third-order valence-electron chi connectivity index (χ3n) is 5.63. The zero-order valence-corrected chi connectivity index (χ0v) is 19.6. The molecule has 0 fully saturated rings. The lowest BCUT2D eigenvalue weighted by Crippen LogP contribution is -2.36. The van der Waals surface area contributed by atoms with Crippen molar-refractivity contribution in [3.05, 3.63) is 65.5 Å². The number of rotatable bonds is 8. The molecule has 2 amide bonds. The predicted octanol–water partition coefficient (Wildman–Crippen LogP) is 2.75. The van der Waals surface area contributed by atoms with E-state index in [1.54, 1.807) is 7.11 Å². The SMILES string of the molecule is COc1ccc(CC(=O)NCc2nnc(SCC(=O)N3CCCc4ccccc43)n2C)cc1. The summed E-state index contributed by atoms with van der Waals surface area (Å²) >= 11 is 1.36. The Bertz CT molecular complexity index is 1130. The number of nitrogens with one attached hydrogen (secondary N) is 1. The molecule has 0 unspecified atom stereocenters. The minimum Gasteiger partial charge on any atom is -0.497 e. The first-order valence-electron chi connectivity index (χ1n) is 10.8. The van der Waals surface area contributed by atoms with E-state index in [2.05, 4.69) is 21.6 Å². The van der Waals surface area contributed by atoms with E-state index in [0.717, 1.165) is 36.4 Å². The van der Waals surface area contributed by atoms with Gasteiger partial charge in [-0.2, -0.15) is 0 Å². The number of aryl methyl sites for hydroxylation is 1. The maximum Gasteiger partial charge on any atom is 0.237 e. The Labute approximate surface area is 197 Å². The van der Waals surface area contributed by atoms with Crippen LogP contribution in [0, 0.1) is 0 Å². The van der Waals surface area contributed by atoms with E-state index in [9.17, 15) is 9.59 Å². The van der Waals surface area contributed by atoms with Gasteiger partial charge in [0.25, 0.3) is 0 Å². The smallest absolute Gasteiger partial charge is 0.237 e. The molecule has 8 nitrogen and oxygen atoms in total. The first-order chi connectivity index (χ1) is 16.0. The van der Waals surface area contributed by atoms with E-state index >= 15 is 0 Å². The molecule has 2 aromatic carbocycles. The van der Waals surface area contributed by atoms with E-state index in [4.69, 9.17) is 4.74 Å². The van der Waals surface area contributed by atoms with Gasteiger partial charge in [0.2, 0.25) is 11.8 Å². The standard InChI is InChI=1S/C24H27N5O3S/c1-28-21(15-25-22(30)14-17-9-11-19(32-2)12-10-17)26-27-24(28)33-16-23(31)29-13-5-7-18-6-3-4-8-20(18)29/h3-4,6,8-12H,5,7,13-16H2,1-2H3,(H,25,30). The van der Waals surface area contributed by atoms with Crippen molar-refractivity contribution in [1.82, 2.24) is 20.1 Å². The molecule has 2 heterocycles. The van der Waals surface area contributed by atoms with Crippen LogP contribution >= 0.6 is 11.8 Å². The van der Waals surface area contributed by atoms with Gasteiger partial charge in [0, 0.05) is 19.3 Å². The number of aromatic nitrogens is 3. The highest BCUT2D eigenvalue weighted by molar-refractivity contribution is 7.99. The second-order valence-electron chi connectivity index (χ2n) is 7.83. The monoisotopic (exact) mass is 465 g/mol. The van der Waals surface area contributed by atoms with Crippen LogP contribution in [-0.4, -0.2) is 46.0 Å². The Morgan fingerprint density at radius 3 is 2.70 bits per heavy atom. The minimum atomic E-state index is -0.101. The van der Waals surface area contributed by atoms with E-state index in [0.29, 0.717) is 11.0 Å². The normalized spacial score (nSPS) is 12.8. The van der Waals surface area contributed by atoms with Crippen LogP contribution in [0.15, 0.2) is 53.7 Å². The Morgan fingerprint density at radius 2 is 1.91 bits per heavy atom. The van der Waals surface area contributed by atoms with E-state index < -0.39 is 0 Å². The van der Waals surface area contributed by atoms with Crippen molar-refractivity contribution in [3.8, 4) is 5.75 Å². The molecule has 4 rings (SSSR count). The summed E-state index contributed by atoms with van der Waals surface area (Å²) in [5.41, 5.74) is 3.13. The van der Waals surface area contributed by atoms with Gasteiger partial charge in [-0.25, -0.2) is 0 Å². The first kappa shape index (κ1) is 22.8. The van der Waals surface area contributed by atoms with Gasteiger partial charge in [-0.15, -0.1) is 10.2 Å². The molecule has 0 radical (unpaired) electrons. The maximum absolute atomic E-state index is 12.9. The van der Waals surface area contributed by atoms with Gasteiger partial charge in [0.15, 0.2) is 11.0 Å². The Hall–Kier alpha value is -3.33. The van der Waals surface area contributed by atoms with Crippen molar-refractivity contribution < 1.29 is 14.3 Å². The summed E-state index contributed by atoms with van der Waals surface area (Å²) in [5, 5.41) is 11.9. The molecule has 0 saturated carbocycles. The number of para-hydroxylation sites is 1. The summed E-state index contributed by atoms with van der Waals surface area (Å²) in [5.74, 6) is 1.63. The van der Waals surface area contributed by atoms with Gasteiger partial charge in [0.1, 0.15) is 5.75 Å². The van der Waals surface area contributed by atoms with Gasteiger partial charge in [-0.3, -0.25) is 9.59 Å². The van der Waals surface area contributed by atoms with Crippen molar-refractivity contribution in [2.45, 2.75) is 31.0 Å². The van der Waals surface area contributed by atoms with Gasteiger partial charge >= 0.3 is 0 Å². The highest BCUT2D eigenvalue weighted by Gasteiger charge is 2.23. The first-order valence-corrected chi connectivity index (χ1v) is 11.8. The van der Waals surface area contributed by atoms with Gasteiger partial charge in [-0.1, -0.05) is 42.1 Å². The van der Waals surface area contributed by atoms with E-state index in [1.165, 1.54) is 17.3 Å². The molecular formula is C24H27N5O3S. The number of hydrogen-bond donors (Lipinski definition) is 1. The molecule has 0 spiro atoms. The summed E-state index contributed by atoms with van der Waals surface area (Å²) in [6, 6.07) is 15.5. The molecule has 1 aliphatic heterocycles. The zero-order chi connectivity index (χ0) is 23.2. The molecule has 0 saturated heterocycles. The lowest BCUT2D eigenvalue weighted by atomic mass is 10.0. The second-order valence-corrected chi connectivity index (χ2v) is 8.77. The molecule has 0 atom stereocenters. The largest absolute Gasteiger partial charge is 0.497 e. The van der Waals surface area contributed by atoms with Crippen LogP contribution in [0.2, 0.25) is 0 Å². The van der Waals surface area contributed by atoms with Gasteiger partial charge in [-0.05, 0) is 42.2 Å². The fraction of sp³-hybridized carbons (Fsp3) is 0.333. The highest BCUT2D eigenvalue weighted by atomic mass is 32.2. The molecule has 0 bridgehead atoms. The van der Waals surface area contributed by atoms with Crippen LogP contribution in [0.3, 0.4) is 0 Å². The third-order valence-corrected chi connectivity index (χ3v) is 6.63. The zero-order valence-electron chi connectivity index (χ0n) is 18.8. The topological polar surface area (TPSA) is 89.3 Å². The average molecular weight is 466 g/mol. The van der Waals surface area contributed by atoms with Crippen molar-refractivity contribution >= 4 is 29.3 Å². The number of nitrogens with zero attached hydrogens (tertiary/aromatic N) is 4. The van der Waals surface area contributed by atoms with Crippen molar-refractivity contribution in [3.63, 3.8) is 0 Å². The quantitative estimate of drug-likeness (QED) is 0.515. The molecule has 172 valence electrons. The van der Waals surface area contributed by atoms with Gasteiger partial charge < -0.3 is 19.5 Å². The number of carbonyl (C=O) groups excluding carboxylic acids is 2. The number of fused-ring (bicyclic) bond motifs is 1. The average Bonchev–Trinajstić information content (AvgIpc) is 3.20. The fourth-order valence-corrected chi connectivity index (χ4v) is 4.60. The lowest BCUT2D eigenvalue weighted by Gasteiger charge is -2.29. The second kappa shape index (κ2) is 10.5.